The quantitative estimate of drug-likeness (QED) is 0.813. The van der Waals surface area contributed by atoms with E-state index in [1.165, 1.54) is 58.2 Å². The van der Waals surface area contributed by atoms with Crippen LogP contribution in [0.15, 0.2) is 0 Å². The Morgan fingerprint density at radius 2 is 1.94 bits per heavy atom. The van der Waals surface area contributed by atoms with Crippen molar-refractivity contribution in [2.75, 3.05) is 19.6 Å². The van der Waals surface area contributed by atoms with Crippen molar-refractivity contribution in [3.05, 3.63) is 0 Å². The van der Waals surface area contributed by atoms with E-state index in [-0.39, 0.29) is 0 Å². The molecule has 0 aromatic carbocycles. The first-order valence-electron chi connectivity index (χ1n) is 7.54. The first kappa shape index (κ1) is 13.4. The van der Waals surface area contributed by atoms with Crippen LogP contribution in [0.5, 0.6) is 0 Å². The molecule has 2 nitrogen and oxygen atoms in total. The summed E-state index contributed by atoms with van der Waals surface area (Å²) in [5.41, 5.74) is 0.583. The van der Waals surface area contributed by atoms with E-state index < -0.39 is 0 Å². The normalized spacial score (nSPS) is 32.3. The summed E-state index contributed by atoms with van der Waals surface area (Å²) in [6, 6.07) is 1.55. The van der Waals surface area contributed by atoms with Gasteiger partial charge in [-0.25, -0.2) is 0 Å². The molecule has 1 N–H and O–H groups in total. The molecule has 2 fully saturated rings. The SMILES string of the molecule is CC(CC1CCCCN1)N1CCC(C)(C)CC1. The van der Waals surface area contributed by atoms with Crippen LogP contribution in [-0.2, 0) is 0 Å². The van der Waals surface area contributed by atoms with Crippen LogP contribution in [0.1, 0.15) is 59.3 Å². The minimum atomic E-state index is 0.583. The summed E-state index contributed by atoms with van der Waals surface area (Å²) in [7, 11) is 0. The van der Waals surface area contributed by atoms with Gasteiger partial charge < -0.3 is 10.2 Å². The number of likely N-dealkylation sites (tertiary alicyclic amines) is 1. The Bertz CT molecular complexity index is 221. The summed E-state index contributed by atoms with van der Waals surface area (Å²) in [4.78, 5) is 2.71. The van der Waals surface area contributed by atoms with Crippen LogP contribution in [0, 0.1) is 5.41 Å². The number of nitrogens with one attached hydrogen (secondary N) is 1. The highest BCUT2D eigenvalue weighted by Crippen LogP contribution is 2.31. The fourth-order valence-electron chi connectivity index (χ4n) is 3.26. The first-order valence-corrected chi connectivity index (χ1v) is 7.54. The fourth-order valence-corrected chi connectivity index (χ4v) is 3.26. The third kappa shape index (κ3) is 3.96. The smallest absolute Gasteiger partial charge is 0.00818 e. The predicted molar refractivity (Wildman–Crippen MR) is 74.3 cm³/mol. The van der Waals surface area contributed by atoms with Crippen LogP contribution in [0.2, 0.25) is 0 Å². The standard InChI is InChI=1S/C15H30N2/c1-13(12-14-6-4-5-9-16-14)17-10-7-15(2,3)8-11-17/h13-14,16H,4-12H2,1-3H3. The first-order chi connectivity index (χ1) is 8.07. The van der Waals surface area contributed by atoms with Gasteiger partial charge in [-0.05, 0) is 64.1 Å². The third-order valence-corrected chi connectivity index (χ3v) is 4.81. The van der Waals surface area contributed by atoms with E-state index in [9.17, 15) is 0 Å². The van der Waals surface area contributed by atoms with Crippen LogP contribution in [-0.4, -0.2) is 36.6 Å². The monoisotopic (exact) mass is 238 g/mol. The molecule has 0 aromatic heterocycles. The predicted octanol–water partition coefficient (Wildman–Crippen LogP) is 3.03. The van der Waals surface area contributed by atoms with E-state index >= 15 is 0 Å². The number of nitrogens with zero attached hydrogens (tertiary/aromatic N) is 1. The zero-order valence-corrected chi connectivity index (χ0v) is 12.0. The van der Waals surface area contributed by atoms with Gasteiger partial charge in [0.15, 0.2) is 0 Å². The number of hydrogen-bond donors (Lipinski definition) is 1. The Morgan fingerprint density at radius 3 is 2.53 bits per heavy atom. The van der Waals surface area contributed by atoms with Gasteiger partial charge in [0.1, 0.15) is 0 Å². The molecular formula is C15H30N2. The minimum absolute atomic E-state index is 0.583. The van der Waals surface area contributed by atoms with Crippen molar-refractivity contribution >= 4 is 0 Å². The van der Waals surface area contributed by atoms with Crippen LogP contribution >= 0.6 is 0 Å². The molecule has 0 aliphatic carbocycles. The van der Waals surface area contributed by atoms with Crippen molar-refractivity contribution in [2.45, 2.75) is 71.4 Å². The summed E-state index contributed by atoms with van der Waals surface area (Å²) in [6.07, 6.45) is 8.29. The highest BCUT2D eigenvalue weighted by Gasteiger charge is 2.28. The highest BCUT2D eigenvalue weighted by molar-refractivity contribution is 4.84. The number of piperidine rings is 2. The number of rotatable bonds is 3. The molecule has 2 unspecified atom stereocenters. The summed E-state index contributed by atoms with van der Waals surface area (Å²) in [6.45, 7) is 11.1. The maximum absolute atomic E-state index is 3.68. The molecule has 0 amide bonds. The van der Waals surface area contributed by atoms with Gasteiger partial charge in [0.25, 0.3) is 0 Å². The van der Waals surface area contributed by atoms with Crippen molar-refractivity contribution < 1.29 is 0 Å². The van der Waals surface area contributed by atoms with E-state index in [1.807, 2.05) is 0 Å². The Labute approximate surface area is 107 Å². The van der Waals surface area contributed by atoms with Gasteiger partial charge in [-0.2, -0.15) is 0 Å². The molecule has 2 aliphatic rings. The molecule has 2 heteroatoms. The molecule has 2 atom stereocenters. The average Bonchev–Trinajstić information content (AvgIpc) is 2.30. The lowest BCUT2D eigenvalue weighted by Crippen LogP contribution is -2.46. The van der Waals surface area contributed by atoms with E-state index in [0.29, 0.717) is 5.41 Å². The van der Waals surface area contributed by atoms with Crippen molar-refractivity contribution in [1.82, 2.24) is 10.2 Å². The van der Waals surface area contributed by atoms with Crippen molar-refractivity contribution in [2.24, 2.45) is 5.41 Å². The molecule has 2 saturated heterocycles. The molecule has 0 aromatic rings. The van der Waals surface area contributed by atoms with Crippen LogP contribution < -0.4 is 5.32 Å². The molecule has 0 radical (unpaired) electrons. The van der Waals surface area contributed by atoms with Gasteiger partial charge in [0.2, 0.25) is 0 Å². The average molecular weight is 238 g/mol. The second kappa shape index (κ2) is 5.71. The van der Waals surface area contributed by atoms with Gasteiger partial charge in [-0.1, -0.05) is 20.3 Å². The summed E-state index contributed by atoms with van der Waals surface area (Å²) in [5.74, 6) is 0. The molecule has 2 aliphatic heterocycles. The maximum Gasteiger partial charge on any atom is 0.00818 e. The molecule has 100 valence electrons. The summed E-state index contributed by atoms with van der Waals surface area (Å²) in [5, 5.41) is 3.68. The lowest BCUT2D eigenvalue weighted by Gasteiger charge is -2.41. The topological polar surface area (TPSA) is 15.3 Å². The molecule has 0 saturated carbocycles. The number of hydrogen-bond acceptors (Lipinski definition) is 2. The van der Waals surface area contributed by atoms with Crippen LogP contribution in [0.3, 0.4) is 0 Å². The minimum Gasteiger partial charge on any atom is -0.314 e. The van der Waals surface area contributed by atoms with Crippen LogP contribution in [0.4, 0.5) is 0 Å². The van der Waals surface area contributed by atoms with Gasteiger partial charge >= 0.3 is 0 Å². The Kier molecular flexibility index (Phi) is 4.48. The Hall–Kier alpha value is -0.0800. The van der Waals surface area contributed by atoms with Crippen LogP contribution in [0.25, 0.3) is 0 Å². The molecule has 2 heterocycles. The lowest BCUT2D eigenvalue weighted by atomic mass is 9.82. The maximum atomic E-state index is 3.68. The van der Waals surface area contributed by atoms with Crippen molar-refractivity contribution in [3.8, 4) is 0 Å². The van der Waals surface area contributed by atoms with E-state index in [0.717, 1.165) is 12.1 Å². The van der Waals surface area contributed by atoms with E-state index in [1.54, 1.807) is 0 Å². The second-order valence-electron chi connectivity index (χ2n) is 6.93. The van der Waals surface area contributed by atoms with Gasteiger partial charge in [-0.3, -0.25) is 0 Å². The molecular weight excluding hydrogens is 208 g/mol. The molecule has 0 spiro atoms. The van der Waals surface area contributed by atoms with Crippen molar-refractivity contribution in [3.63, 3.8) is 0 Å². The second-order valence-corrected chi connectivity index (χ2v) is 6.93. The summed E-state index contributed by atoms with van der Waals surface area (Å²) < 4.78 is 0. The highest BCUT2D eigenvalue weighted by atomic mass is 15.2. The van der Waals surface area contributed by atoms with Gasteiger partial charge in [-0.15, -0.1) is 0 Å². The zero-order chi connectivity index (χ0) is 12.3. The van der Waals surface area contributed by atoms with Gasteiger partial charge in [0.05, 0.1) is 0 Å². The largest absolute Gasteiger partial charge is 0.314 e. The van der Waals surface area contributed by atoms with E-state index in [4.69, 9.17) is 0 Å². The lowest BCUT2D eigenvalue weighted by molar-refractivity contribution is 0.0902. The Balaban J connectivity index is 1.74. The summed E-state index contributed by atoms with van der Waals surface area (Å²) >= 11 is 0. The molecule has 2 rings (SSSR count). The Morgan fingerprint density at radius 1 is 1.24 bits per heavy atom. The molecule has 17 heavy (non-hydrogen) atoms. The van der Waals surface area contributed by atoms with E-state index in [2.05, 4.69) is 31.0 Å². The zero-order valence-electron chi connectivity index (χ0n) is 12.0. The molecule has 0 bridgehead atoms. The van der Waals surface area contributed by atoms with Gasteiger partial charge in [0, 0.05) is 12.1 Å². The fraction of sp³-hybridized carbons (Fsp3) is 1.00. The van der Waals surface area contributed by atoms with Crippen molar-refractivity contribution in [1.29, 1.82) is 0 Å². The third-order valence-electron chi connectivity index (χ3n) is 4.81.